The molecule has 28 heavy (non-hydrogen) atoms. The van der Waals surface area contributed by atoms with Crippen molar-refractivity contribution in [2.75, 3.05) is 45.3 Å². The lowest BCUT2D eigenvalue weighted by atomic mass is 10.0. The summed E-state index contributed by atoms with van der Waals surface area (Å²) in [6, 6.07) is 8.39. The normalized spacial score (nSPS) is 15.9. The lowest BCUT2D eigenvalue weighted by molar-refractivity contribution is 0.0187. The summed E-state index contributed by atoms with van der Waals surface area (Å²) in [6.07, 6.45) is 6.44. The van der Waals surface area contributed by atoms with Gasteiger partial charge in [-0.15, -0.1) is 0 Å². The van der Waals surface area contributed by atoms with Gasteiger partial charge in [-0.3, -0.25) is 9.88 Å². The maximum atomic E-state index is 5.52. The Bertz CT molecular complexity index is 864. The zero-order chi connectivity index (χ0) is 19.2. The molecule has 0 radical (unpaired) electrons. The summed E-state index contributed by atoms with van der Waals surface area (Å²) in [5.74, 6) is 2.17. The van der Waals surface area contributed by atoms with Crippen LogP contribution in [0.3, 0.4) is 0 Å². The van der Waals surface area contributed by atoms with Crippen molar-refractivity contribution in [3.63, 3.8) is 0 Å². The van der Waals surface area contributed by atoms with Crippen molar-refractivity contribution >= 4 is 5.82 Å². The van der Waals surface area contributed by atoms with Crippen LogP contribution in [0, 0.1) is 0 Å². The summed E-state index contributed by atoms with van der Waals surface area (Å²) in [5, 5.41) is 7.52. The molecule has 3 aromatic rings. The molecule has 0 saturated carbocycles. The molecule has 1 aromatic carbocycles. The number of hydrogen-bond acceptors (Lipinski definition) is 8. The van der Waals surface area contributed by atoms with Gasteiger partial charge in [-0.05, 0) is 17.7 Å². The summed E-state index contributed by atoms with van der Waals surface area (Å²) in [7, 11) is 1.68. The van der Waals surface area contributed by atoms with Crippen molar-refractivity contribution in [1.82, 2.24) is 29.6 Å². The first kappa shape index (κ1) is 18.3. The molecule has 1 atom stereocenters. The van der Waals surface area contributed by atoms with Crippen LogP contribution in [0.15, 0.2) is 49.3 Å². The molecule has 0 bridgehead atoms. The van der Waals surface area contributed by atoms with Gasteiger partial charge >= 0.3 is 0 Å². The van der Waals surface area contributed by atoms with E-state index in [2.05, 4.69) is 42.4 Å². The van der Waals surface area contributed by atoms with Crippen LogP contribution in [-0.2, 0) is 4.74 Å². The van der Waals surface area contributed by atoms with Crippen molar-refractivity contribution < 1.29 is 9.47 Å². The fraction of sp³-hybridized carbons (Fsp3) is 0.368. The Balaban J connectivity index is 1.51. The lowest BCUT2D eigenvalue weighted by Gasteiger charge is -2.35. The number of benzene rings is 1. The molecule has 0 spiro atoms. The molecule has 1 aliphatic rings. The minimum Gasteiger partial charge on any atom is -0.497 e. The quantitative estimate of drug-likeness (QED) is 0.659. The van der Waals surface area contributed by atoms with E-state index in [0.29, 0.717) is 18.2 Å². The van der Waals surface area contributed by atoms with E-state index in [1.165, 1.54) is 11.9 Å². The number of aromatic nitrogens is 5. The second kappa shape index (κ2) is 8.77. The van der Waals surface area contributed by atoms with Crippen LogP contribution in [0.1, 0.15) is 11.6 Å². The number of ether oxygens (including phenoxy) is 2. The van der Waals surface area contributed by atoms with E-state index in [4.69, 9.17) is 9.47 Å². The van der Waals surface area contributed by atoms with Gasteiger partial charge in [0, 0.05) is 19.6 Å². The Hall–Kier alpha value is -3.04. The highest BCUT2D eigenvalue weighted by Gasteiger charge is 2.23. The largest absolute Gasteiger partial charge is 0.497 e. The van der Waals surface area contributed by atoms with Crippen LogP contribution < -0.4 is 10.1 Å². The van der Waals surface area contributed by atoms with Gasteiger partial charge in [0.25, 0.3) is 0 Å². The van der Waals surface area contributed by atoms with E-state index in [1.807, 2.05) is 12.1 Å². The minimum atomic E-state index is 0.187. The van der Waals surface area contributed by atoms with Crippen LogP contribution in [0.25, 0.3) is 5.82 Å². The Kier molecular flexibility index (Phi) is 5.74. The molecule has 1 aliphatic heterocycles. The van der Waals surface area contributed by atoms with E-state index in [-0.39, 0.29) is 6.04 Å². The topological polar surface area (TPSA) is 90.2 Å². The predicted octanol–water partition coefficient (Wildman–Crippen LogP) is 1.55. The number of methoxy groups -OCH3 is 1. The van der Waals surface area contributed by atoms with Crippen molar-refractivity contribution in [2.45, 2.75) is 6.04 Å². The third kappa shape index (κ3) is 4.26. The van der Waals surface area contributed by atoms with Crippen molar-refractivity contribution in [3.05, 3.63) is 54.9 Å². The Morgan fingerprint density at radius 1 is 1.14 bits per heavy atom. The summed E-state index contributed by atoms with van der Waals surface area (Å²) >= 11 is 0. The summed E-state index contributed by atoms with van der Waals surface area (Å²) in [4.78, 5) is 15.2. The predicted molar refractivity (Wildman–Crippen MR) is 104 cm³/mol. The summed E-state index contributed by atoms with van der Waals surface area (Å²) < 4.78 is 12.4. The fourth-order valence-corrected chi connectivity index (χ4v) is 3.25. The van der Waals surface area contributed by atoms with Gasteiger partial charge < -0.3 is 14.8 Å². The van der Waals surface area contributed by atoms with E-state index >= 15 is 0 Å². The first-order chi connectivity index (χ1) is 13.8. The highest BCUT2D eigenvalue weighted by atomic mass is 16.5. The summed E-state index contributed by atoms with van der Waals surface area (Å²) in [6.45, 7) is 3.97. The van der Waals surface area contributed by atoms with Crippen LogP contribution in [0.4, 0.5) is 5.82 Å². The third-order valence-corrected chi connectivity index (χ3v) is 4.74. The average Bonchev–Trinajstić information content (AvgIpc) is 3.30. The first-order valence-corrected chi connectivity index (χ1v) is 9.20. The first-order valence-electron chi connectivity index (χ1n) is 9.20. The molecule has 9 heteroatoms. The monoisotopic (exact) mass is 381 g/mol. The molecular weight excluding hydrogens is 358 g/mol. The number of morpholine rings is 1. The second-order valence-corrected chi connectivity index (χ2v) is 6.42. The van der Waals surface area contributed by atoms with Gasteiger partial charge in [0.15, 0.2) is 5.82 Å². The molecule has 0 amide bonds. The molecule has 1 saturated heterocycles. The fourth-order valence-electron chi connectivity index (χ4n) is 3.25. The van der Waals surface area contributed by atoms with Gasteiger partial charge in [0.2, 0.25) is 0 Å². The highest BCUT2D eigenvalue weighted by Crippen LogP contribution is 2.24. The average molecular weight is 381 g/mol. The zero-order valence-electron chi connectivity index (χ0n) is 15.7. The molecular formula is C19H23N7O2. The highest BCUT2D eigenvalue weighted by molar-refractivity contribution is 5.37. The molecule has 1 fully saturated rings. The number of rotatable bonds is 7. The van der Waals surface area contributed by atoms with Gasteiger partial charge in [-0.2, -0.15) is 5.10 Å². The SMILES string of the molecule is COc1ccc([C@H](CNc2cncc(-n3cncn3)n2)N2CCOCC2)cc1. The van der Waals surface area contributed by atoms with E-state index in [9.17, 15) is 0 Å². The van der Waals surface area contributed by atoms with Crippen LogP contribution in [-0.4, -0.2) is 69.6 Å². The Morgan fingerprint density at radius 2 is 1.96 bits per heavy atom. The smallest absolute Gasteiger partial charge is 0.175 e. The number of nitrogens with one attached hydrogen (secondary N) is 1. The van der Waals surface area contributed by atoms with E-state index < -0.39 is 0 Å². The van der Waals surface area contributed by atoms with Gasteiger partial charge in [0.05, 0.1) is 38.8 Å². The standard InChI is InChI=1S/C19H23N7O2/c1-27-16-4-2-15(3-5-16)17(25-6-8-28-9-7-25)10-22-18-11-20-12-19(24-18)26-14-21-13-23-26/h2-5,11-14,17H,6-10H2,1H3,(H,22,24)/t17-/m0/s1. The maximum absolute atomic E-state index is 5.52. The number of nitrogens with zero attached hydrogens (tertiary/aromatic N) is 6. The van der Waals surface area contributed by atoms with E-state index in [0.717, 1.165) is 32.1 Å². The molecule has 0 unspecified atom stereocenters. The molecule has 2 aromatic heterocycles. The third-order valence-electron chi connectivity index (χ3n) is 4.74. The minimum absolute atomic E-state index is 0.187. The van der Waals surface area contributed by atoms with Gasteiger partial charge in [-0.25, -0.2) is 14.6 Å². The molecule has 0 aliphatic carbocycles. The molecule has 9 nitrogen and oxygen atoms in total. The van der Waals surface area contributed by atoms with Crippen molar-refractivity contribution in [3.8, 4) is 11.6 Å². The summed E-state index contributed by atoms with van der Waals surface area (Å²) in [5.41, 5.74) is 1.22. The van der Waals surface area contributed by atoms with Crippen LogP contribution >= 0.6 is 0 Å². The van der Waals surface area contributed by atoms with Crippen molar-refractivity contribution in [2.24, 2.45) is 0 Å². The van der Waals surface area contributed by atoms with Crippen LogP contribution in [0.5, 0.6) is 5.75 Å². The van der Waals surface area contributed by atoms with E-state index in [1.54, 1.807) is 30.5 Å². The lowest BCUT2D eigenvalue weighted by Crippen LogP contribution is -2.41. The number of hydrogen-bond donors (Lipinski definition) is 1. The second-order valence-electron chi connectivity index (χ2n) is 6.42. The molecule has 3 heterocycles. The Labute approximate surface area is 163 Å². The number of anilines is 1. The van der Waals surface area contributed by atoms with Gasteiger partial charge in [0.1, 0.15) is 24.2 Å². The molecule has 4 rings (SSSR count). The zero-order valence-corrected chi connectivity index (χ0v) is 15.7. The Morgan fingerprint density at radius 3 is 2.68 bits per heavy atom. The maximum Gasteiger partial charge on any atom is 0.175 e. The van der Waals surface area contributed by atoms with Gasteiger partial charge in [-0.1, -0.05) is 12.1 Å². The van der Waals surface area contributed by atoms with Crippen LogP contribution in [0.2, 0.25) is 0 Å². The molecule has 1 N–H and O–H groups in total. The molecule has 146 valence electrons. The van der Waals surface area contributed by atoms with Crippen molar-refractivity contribution in [1.29, 1.82) is 0 Å².